The molecule has 3 aromatic rings. The van der Waals surface area contributed by atoms with Crippen LogP contribution >= 0.6 is 0 Å². The summed E-state index contributed by atoms with van der Waals surface area (Å²) < 4.78 is 78.9. The van der Waals surface area contributed by atoms with Gasteiger partial charge in [-0.25, -0.2) is 13.0 Å². The Morgan fingerprint density at radius 3 is 2.32 bits per heavy atom. The lowest BCUT2D eigenvalue weighted by Gasteiger charge is -2.27. The fraction of sp³-hybridized carbons (Fsp3) is 0.240. The van der Waals surface area contributed by atoms with Gasteiger partial charge in [-0.15, -0.1) is 0 Å². The first kappa shape index (κ1) is 25.2. The van der Waals surface area contributed by atoms with Gasteiger partial charge in [0.05, 0.1) is 15.4 Å². The van der Waals surface area contributed by atoms with Gasteiger partial charge in [0, 0.05) is 40.3 Å². The van der Waals surface area contributed by atoms with Crippen LogP contribution in [0.2, 0.25) is 0 Å². The predicted octanol–water partition coefficient (Wildman–Crippen LogP) is -0.746. The Bertz CT molecular complexity index is 1880. The standard InChI is InChI=1S/C25H22BNO9S2/c28-26(29)15-5-7-17-21(12-15)36-25-19-4-2-10-27-9-1-3-14(24(19)27)11-20(25)23(17)18-8-6-16(37(30,31)32)13-22(18)38(33,34)35/h5-8,11-13,28-29H,1-4,9-10H2,(H-,30,31,32,33,34,35). The molecule has 3 heterocycles. The van der Waals surface area contributed by atoms with E-state index in [0.29, 0.717) is 34.6 Å². The van der Waals surface area contributed by atoms with Gasteiger partial charge < -0.3 is 19.3 Å². The van der Waals surface area contributed by atoms with Crippen LogP contribution in [0.3, 0.4) is 0 Å². The van der Waals surface area contributed by atoms with Gasteiger partial charge in [0.1, 0.15) is 34.7 Å². The van der Waals surface area contributed by atoms with Crippen molar-refractivity contribution in [1.82, 2.24) is 4.58 Å². The maximum atomic E-state index is 12.4. The second-order valence-electron chi connectivity index (χ2n) is 9.63. The molecular weight excluding hydrogens is 533 g/mol. The van der Waals surface area contributed by atoms with Crippen molar-refractivity contribution in [3.05, 3.63) is 75.3 Å². The van der Waals surface area contributed by atoms with Gasteiger partial charge in [-0.1, -0.05) is 18.2 Å². The maximum Gasteiger partial charge on any atom is 0.488 e. The highest BCUT2D eigenvalue weighted by Gasteiger charge is 2.32. The van der Waals surface area contributed by atoms with Crippen LogP contribution in [0.4, 0.5) is 0 Å². The van der Waals surface area contributed by atoms with E-state index in [2.05, 4.69) is 4.58 Å². The van der Waals surface area contributed by atoms with Crippen molar-refractivity contribution in [3.8, 4) is 11.5 Å². The molecule has 0 spiro atoms. The molecule has 0 aromatic heterocycles. The number of hydrogen-bond donors (Lipinski definition) is 3. The Labute approximate surface area is 218 Å². The molecule has 0 radical (unpaired) electrons. The van der Waals surface area contributed by atoms with Crippen molar-refractivity contribution in [2.75, 3.05) is 13.1 Å². The van der Waals surface area contributed by atoms with Gasteiger partial charge in [0.2, 0.25) is 5.36 Å². The summed E-state index contributed by atoms with van der Waals surface area (Å²) in [5.41, 5.74) is 2.84. The summed E-state index contributed by atoms with van der Waals surface area (Å²) >= 11 is 0. The lowest BCUT2D eigenvalue weighted by Crippen LogP contribution is -2.45. The third kappa shape index (κ3) is 4.06. The molecule has 10 nitrogen and oxygen atoms in total. The lowest BCUT2D eigenvalue weighted by atomic mass is 9.78. The molecule has 6 rings (SSSR count). The van der Waals surface area contributed by atoms with Gasteiger partial charge in [-0.2, -0.15) is 8.42 Å². The summed E-state index contributed by atoms with van der Waals surface area (Å²) in [7, 11) is -11.8. The van der Waals surface area contributed by atoms with Crippen LogP contribution in [0.5, 0.6) is 11.5 Å². The third-order valence-electron chi connectivity index (χ3n) is 7.32. The largest absolute Gasteiger partial charge is 0.744 e. The van der Waals surface area contributed by atoms with E-state index in [1.807, 2.05) is 6.07 Å². The highest BCUT2D eigenvalue weighted by Crippen LogP contribution is 2.39. The molecule has 13 heteroatoms. The van der Waals surface area contributed by atoms with Crippen LogP contribution in [0, 0.1) is 0 Å². The Hall–Kier alpha value is -3.07. The number of hydrogen-bond acceptors (Lipinski definition) is 8. The van der Waals surface area contributed by atoms with Crippen LogP contribution in [-0.2, 0) is 33.1 Å². The van der Waals surface area contributed by atoms with E-state index in [9.17, 15) is 36.0 Å². The van der Waals surface area contributed by atoms with Crippen molar-refractivity contribution in [2.45, 2.75) is 35.5 Å². The molecule has 3 N–H and O–H groups in total. The molecular formula is C25H22BNO9S2. The van der Waals surface area contributed by atoms with Gasteiger partial charge in [-0.3, -0.25) is 4.55 Å². The molecule has 0 amide bonds. The molecule has 3 aromatic carbocycles. The first-order valence-electron chi connectivity index (χ1n) is 12.0. The summed E-state index contributed by atoms with van der Waals surface area (Å²) in [5, 5.41) is 21.1. The molecule has 0 aliphatic carbocycles. The second-order valence-corrected chi connectivity index (χ2v) is 12.4. The second kappa shape index (κ2) is 8.73. The number of nitrogens with zero attached hydrogens (tertiary/aromatic N) is 1. The number of benzene rings is 3. The van der Waals surface area contributed by atoms with E-state index >= 15 is 0 Å². The summed E-state index contributed by atoms with van der Waals surface area (Å²) in [6.45, 7) is 1.81. The first-order valence-corrected chi connectivity index (χ1v) is 14.9. The van der Waals surface area contributed by atoms with E-state index in [1.165, 1.54) is 24.3 Å². The first-order chi connectivity index (χ1) is 17.9. The number of aryl methyl sites for hydroxylation is 1. The van der Waals surface area contributed by atoms with Crippen LogP contribution in [0.15, 0.2) is 52.3 Å². The smallest absolute Gasteiger partial charge is 0.488 e. The molecule has 196 valence electrons. The fourth-order valence-corrected chi connectivity index (χ4v) is 7.04. The molecule has 0 saturated heterocycles. The molecule has 0 atom stereocenters. The normalized spacial score (nSPS) is 16.3. The van der Waals surface area contributed by atoms with Crippen molar-refractivity contribution in [2.24, 2.45) is 0 Å². The average molecular weight is 555 g/mol. The van der Waals surface area contributed by atoms with Crippen molar-refractivity contribution in [3.63, 3.8) is 0 Å². The van der Waals surface area contributed by atoms with E-state index in [0.717, 1.165) is 54.9 Å². The Morgan fingerprint density at radius 2 is 1.63 bits per heavy atom. The lowest BCUT2D eigenvalue weighted by molar-refractivity contribution is 0.423. The molecule has 0 unspecified atom stereocenters. The average Bonchev–Trinajstić information content (AvgIpc) is 2.86. The molecule has 0 saturated carbocycles. The molecule has 38 heavy (non-hydrogen) atoms. The summed E-state index contributed by atoms with van der Waals surface area (Å²) in [5.74, 6) is 0.714. The van der Waals surface area contributed by atoms with Crippen LogP contribution < -0.4 is 25.4 Å². The Balaban J connectivity index is 1.79. The van der Waals surface area contributed by atoms with Crippen LogP contribution in [-0.4, -0.2) is 56.2 Å². The number of fused-ring (bicyclic) bond motifs is 3. The summed E-state index contributed by atoms with van der Waals surface area (Å²) in [6, 6.07) is 9.23. The fourth-order valence-electron chi connectivity index (χ4n) is 5.75. The van der Waals surface area contributed by atoms with Crippen LogP contribution in [0.25, 0.3) is 5.57 Å². The van der Waals surface area contributed by atoms with Gasteiger partial charge in [-0.05, 0) is 42.6 Å². The van der Waals surface area contributed by atoms with Crippen molar-refractivity contribution >= 4 is 38.4 Å². The van der Waals surface area contributed by atoms with E-state index in [-0.39, 0.29) is 16.8 Å². The van der Waals surface area contributed by atoms with Crippen molar-refractivity contribution < 1.29 is 40.7 Å². The minimum atomic E-state index is -5.20. The molecule has 0 fully saturated rings. The van der Waals surface area contributed by atoms with Crippen molar-refractivity contribution in [1.29, 1.82) is 0 Å². The van der Waals surface area contributed by atoms with Gasteiger partial charge >= 0.3 is 7.12 Å². The van der Waals surface area contributed by atoms with E-state index in [1.54, 1.807) is 0 Å². The van der Waals surface area contributed by atoms with E-state index in [4.69, 9.17) is 4.74 Å². The number of ether oxygens (including phenoxy) is 1. The summed E-state index contributed by atoms with van der Waals surface area (Å²) in [4.78, 5) is -1.53. The Kier molecular flexibility index (Phi) is 5.80. The zero-order valence-corrected chi connectivity index (χ0v) is 21.5. The van der Waals surface area contributed by atoms with Crippen LogP contribution in [0.1, 0.15) is 35.1 Å². The minimum Gasteiger partial charge on any atom is -0.744 e. The zero-order chi connectivity index (χ0) is 27.0. The topological polar surface area (TPSA) is 164 Å². The highest BCUT2D eigenvalue weighted by molar-refractivity contribution is 7.86. The highest BCUT2D eigenvalue weighted by atomic mass is 32.2. The SMILES string of the molecule is O=S(=O)([O-])c1cc(S(=O)(=O)O)ccc1C1=c2cc3c4c(c2Oc2cc(B(O)O)ccc21)CCC[N+]=4CCC3. The molecule has 3 aliphatic rings. The molecule has 3 aliphatic heterocycles. The quantitative estimate of drug-likeness (QED) is 0.167. The number of rotatable bonds is 4. The predicted molar refractivity (Wildman–Crippen MR) is 135 cm³/mol. The minimum absolute atomic E-state index is 0.0499. The van der Waals surface area contributed by atoms with Gasteiger partial charge in [0.15, 0.2) is 0 Å². The summed E-state index contributed by atoms with van der Waals surface area (Å²) in [6.07, 6.45) is 3.34. The van der Waals surface area contributed by atoms with Gasteiger partial charge in [0.25, 0.3) is 10.1 Å². The third-order valence-corrected chi connectivity index (χ3v) is 9.04. The Morgan fingerprint density at radius 1 is 0.921 bits per heavy atom. The van der Waals surface area contributed by atoms with E-state index < -0.39 is 37.1 Å². The maximum absolute atomic E-state index is 12.4. The molecule has 0 bridgehead atoms. The monoisotopic (exact) mass is 555 g/mol. The zero-order valence-electron chi connectivity index (χ0n) is 19.9.